The topological polar surface area (TPSA) is 79.8 Å². The van der Waals surface area contributed by atoms with E-state index in [0.717, 1.165) is 11.4 Å². The second kappa shape index (κ2) is 7.95. The van der Waals surface area contributed by atoms with Gasteiger partial charge in [-0.05, 0) is 41.3 Å². The summed E-state index contributed by atoms with van der Waals surface area (Å²) in [6.45, 7) is 6.93. The molecular weight excluding hydrogens is 338 g/mol. The number of pyridine rings is 1. The Hall–Kier alpha value is -3.28. The van der Waals surface area contributed by atoms with E-state index < -0.39 is 0 Å². The molecule has 0 aliphatic carbocycles. The Balaban J connectivity index is 1.71. The lowest BCUT2D eigenvalue weighted by Gasteiger charge is -2.19. The monoisotopic (exact) mass is 361 g/mol. The molecule has 2 aromatic heterocycles. The van der Waals surface area contributed by atoms with Crippen molar-refractivity contribution in [3.05, 3.63) is 78.0 Å². The van der Waals surface area contributed by atoms with Crippen LogP contribution in [0.2, 0.25) is 0 Å². The first kappa shape index (κ1) is 18.5. The smallest absolute Gasteiger partial charge is 0.259 e. The SMILES string of the molecule is CC(C)(C)c1ccc(NC(=O)c2cccnc2NCc2ccncn2)cc1. The van der Waals surface area contributed by atoms with E-state index in [1.807, 2.05) is 30.3 Å². The van der Waals surface area contributed by atoms with Gasteiger partial charge in [-0.1, -0.05) is 32.9 Å². The van der Waals surface area contributed by atoms with Gasteiger partial charge in [0.2, 0.25) is 0 Å². The van der Waals surface area contributed by atoms with E-state index in [2.05, 4.69) is 46.4 Å². The van der Waals surface area contributed by atoms with E-state index in [1.165, 1.54) is 11.9 Å². The predicted molar refractivity (Wildman–Crippen MR) is 107 cm³/mol. The fourth-order valence-electron chi connectivity index (χ4n) is 2.58. The first-order valence-corrected chi connectivity index (χ1v) is 8.79. The molecule has 1 amide bonds. The predicted octanol–water partition coefficient (Wildman–Crippen LogP) is 4.03. The van der Waals surface area contributed by atoms with Gasteiger partial charge in [-0.3, -0.25) is 4.79 Å². The third-order valence-electron chi connectivity index (χ3n) is 4.14. The minimum absolute atomic E-state index is 0.0734. The molecule has 2 heterocycles. The highest BCUT2D eigenvalue weighted by Crippen LogP contribution is 2.24. The lowest BCUT2D eigenvalue weighted by Crippen LogP contribution is -2.16. The van der Waals surface area contributed by atoms with Gasteiger partial charge >= 0.3 is 0 Å². The maximum absolute atomic E-state index is 12.7. The second-order valence-corrected chi connectivity index (χ2v) is 7.24. The van der Waals surface area contributed by atoms with Gasteiger partial charge in [-0.2, -0.15) is 0 Å². The van der Waals surface area contributed by atoms with Crippen LogP contribution in [0.3, 0.4) is 0 Å². The molecule has 6 nitrogen and oxygen atoms in total. The molecule has 27 heavy (non-hydrogen) atoms. The summed E-state index contributed by atoms with van der Waals surface area (Å²) in [4.78, 5) is 25.1. The molecule has 0 unspecified atom stereocenters. The van der Waals surface area contributed by atoms with Crippen LogP contribution in [-0.2, 0) is 12.0 Å². The third kappa shape index (κ3) is 4.88. The molecule has 6 heteroatoms. The number of hydrogen-bond acceptors (Lipinski definition) is 5. The number of aromatic nitrogens is 3. The first-order valence-electron chi connectivity index (χ1n) is 8.79. The molecule has 0 radical (unpaired) electrons. The van der Waals surface area contributed by atoms with Crippen LogP contribution in [0.5, 0.6) is 0 Å². The number of carbonyl (C=O) groups excluding carboxylic acids is 1. The first-order chi connectivity index (χ1) is 12.9. The van der Waals surface area contributed by atoms with Gasteiger partial charge in [0.05, 0.1) is 17.8 Å². The lowest BCUT2D eigenvalue weighted by atomic mass is 9.87. The molecule has 0 fully saturated rings. The number of amides is 1. The molecule has 1 aromatic carbocycles. The van der Waals surface area contributed by atoms with E-state index in [1.54, 1.807) is 24.5 Å². The average molecular weight is 361 g/mol. The number of rotatable bonds is 5. The van der Waals surface area contributed by atoms with Crippen LogP contribution in [0, 0.1) is 0 Å². The van der Waals surface area contributed by atoms with E-state index in [0.29, 0.717) is 17.9 Å². The third-order valence-corrected chi connectivity index (χ3v) is 4.14. The van der Waals surface area contributed by atoms with Crippen LogP contribution in [0.1, 0.15) is 42.4 Å². The van der Waals surface area contributed by atoms with Gasteiger partial charge in [-0.25, -0.2) is 15.0 Å². The van der Waals surface area contributed by atoms with Crippen molar-refractivity contribution < 1.29 is 4.79 Å². The van der Waals surface area contributed by atoms with Crippen LogP contribution in [0.25, 0.3) is 0 Å². The molecule has 2 N–H and O–H groups in total. The standard InChI is InChI=1S/C21H23N5O/c1-21(2,3)15-6-8-16(9-7-15)26-20(27)18-5-4-11-23-19(18)24-13-17-10-12-22-14-25-17/h4-12,14H,13H2,1-3H3,(H,23,24)(H,26,27). The molecule has 0 spiro atoms. The van der Waals surface area contributed by atoms with Gasteiger partial charge < -0.3 is 10.6 Å². The lowest BCUT2D eigenvalue weighted by molar-refractivity contribution is 0.102. The number of nitrogens with zero attached hydrogens (tertiary/aromatic N) is 3. The molecule has 138 valence electrons. The Morgan fingerprint density at radius 2 is 1.78 bits per heavy atom. The van der Waals surface area contributed by atoms with Crippen LogP contribution in [-0.4, -0.2) is 20.9 Å². The quantitative estimate of drug-likeness (QED) is 0.717. The minimum atomic E-state index is -0.211. The van der Waals surface area contributed by atoms with Crippen LogP contribution >= 0.6 is 0 Å². The summed E-state index contributed by atoms with van der Waals surface area (Å²) in [5.41, 5.74) is 3.34. The maximum Gasteiger partial charge on any atom is 0.259 e. The van der Waals surface area contributed by atoms with Crippen molar-refractivity contribution in [1.82, 2.24) is 15.0 Å². The Labute approximate surface area is 159 Å². The van der Waals surface area contributed by atoms with Crippen molar-refractivity contribution in [2.75, 3.05) is 10.6 Å². The summed E-state index contributed by atoms with van der Waals surface area (Å²) in [6, 6.07) is 13.2. The maximum atomic E-state index is 12.7. The fraction of sp³-hybridized carbons (Fsp3) is 0.238. The largest absolute Gasteiger partial charge is 0.364 e. The van der Waals surface area contributed by atoms with Crippen molar-refractivity contribution in [2.24, 2.45) is 0 Å². The molecule has 3 aromatic rings. The number of anilines is 2. The van der Waals surface area contributed by atoms with Gasteiger partial charge in [0.25, 0.3) is 5.91 Å². The fourth-order valence-corrected chi connectivity index (χ4v) is 2.58. The van der Waals surface area contributed by atoms with Crippen molar-refractivity contribution in [3.63, 3.8) is 0 Å². The van der Waals surface area contributed by atoms with E-state index in [-0.39, 0.29) is 11.3 Å². The van der Waals surface area contributed by atoms with E-state index in [4.69, 9.17) is 0 Å². The Morgan fingerprint density at radius 1 is 1.00 bits per heavy atom. The van der Waals surface area contributed by atoms with Crippen molar-refractivity contribution in [2.45, 2.75) is 32.7 Å². The Morgan fingerprint density at radius 3 is 2.44 bits per heavy atom. The average Bonchev–Trinajstić information content (AvgIpc) is 2.67. The Bertz CT molecular complexity index is 902. The molecule has 0 saturated carbocycles. The zero-order valence-electron chi connectivity index (χ0n) is 15.7. The van der Waals surface area contributed by atoms with Gasteiger partial charge in [0.1, 0.15) is 12.1 Å². The van der Waals surface area contributed by atoms with Crippen molar-refractivity contribution in [1.29, 1.82) is 0 Å². The zero-order chi connectivity index (χ0) is 19.3. The zero-order valence-corrected chi connectivity index (χ0v) is 15.7. The normalized spacial score (nSPS) is 11.1. The van der Waals surface area contributed by atoms with E-state index >= 15 is 0 Å². The van der Waals surface area contributed by atoms with Gasteiger partial charge in [0, 0.05) is 18.1 Å². The highest BCUT2D eigenvalue weighted by atomic mass is 16.1. The molecule has 0 atom stereocenters. The van der Waals surface area contributed by atoms with Crippen LogP contribution < -0.4 is 10.6 Å². The molecule has 0 saturated heterocycles. The highest BCUT2D eigenvalue weighted by molar-refractivity contribution is 6.07. The van der Waals surface area contributed by atoms with Crippen molar-refractivity contribution >= 4 is 17.4 Å². The minimum Gasteiger partial charge on any atom is -0.364 e. The van der Waals surface area contributed by atoms with Crippen molar-refractivity contribution in [3.8, 4) is 0 Å². The van der Waals surface area contributed by atoms with Crippen LogP contribution in [0.15, 0.2) is 61.2 Å². The highest BCUT2D eigenvalue weighted by Gasteiger charge is 2.15. The summed E-state index contributed by atoms with van der Waals surface area (Å²) < 4.78 is 0. The number of carbonyl (C=O) groups is 1. The van der Waals surface area contributed by atoms with Gasteiger partial charge in [-0.15, -0.1) is 0 Å². The molecule has 3 rings (SSSR count). The van der Waals surface area contributed by atoms with E-state index in [9.17, 15) is 4.79 Å². The number of hydrogen-bond donors (Lipinski definition) is 2. The summed E-state index contributed by atoms with van der Waals surface area (Å²) in [6.07, 6.45) is 4.82. The molecule has 0 bridgehead atoms. The summed E-state index contributed by atoms with van der Waals surface area (Å²) in [5, 5.41) is 6.09. The second-order valence-electron chi connectivity index (χ2n) is 7.24. The number of nitrogens with one attached hydrogen (secondary N) is 2. The molecular formula is C21H23N5O. The Kier molecular flexibility index (Phi) is 5.45. The van der Waals surface area contributed by atoms with Gasteiger partial charge in [0.15, 0.2) is 0 Å². The van der Waals surface area contributed by atoms with Crippen LogP contribution in [0.4, 0.5) is 11.5 Å². The summed E-state index contributed by atoms with van der Waals surface area (Å²) in [5.74, 6) is 0.303. The molecule has 0 aliphatic rings. The number of benzene rings is 1. The molecule has 0 aliphatic heterocycles. The summed E-state index contributed by atoms with van der Waals surface area (Å²) >= 11 is 0. The summed E-state index contributed by atoms with van der Waals surface area (Å²) in [7, 11) is 0.